The van der Waals surface area contributed by atoms with Crippen LogP contribution in [0.4, 0.5) is 4.39 Å². The third kappa shape index (κ3) is 6.33. The molecule has 1 amide bonds. The van der Waals surface area contributed by atoms with Crippen molar-refractivity contribution in [3.05, 3.63) is 34.1 Å². The summed E-state index contributed by atoms with van der Waals surface area (Å²) in [6.07, 6.45) is -0.0964. The highest BCUT2D eigenvalue weighted by molar-refractivity contribution is 9.10. The number of hydrogen-bond acceptors (Lipinski definition) is 3. The monoisotopic (exact) mass is 354 g/mol. The van der Waals surface area contributed by atoms with Gasteiger partial charge in [-0.15, -0.1) is 12.4 Å². The van der Waals surface area contributed by atoms with Crippen LogP contribution in [0.25, 0.3) is 0 Å². The van der Waals surface area contributed by atoms with Crippen molar-refractivity contribution in [2.45, 2.75) is 19.1 Å². The summed E-state index contributed by atoms with van der Waals surface area (Å²) in [4.78, 5) is 11.6. The predicted octanol–water partition coefficient (Wildman–Crippen LogP) is 1.99. The van der Waals surface area contributed by atoms with Crippen LogP contribution in [0.3, 0.4) is 0 Å². The average Bonchev–Trinajstić information content (AvgIpc) is 2.37. The molecule has 0 fully saturated rings. The van der Waals surface area contributed by atoms with Crippen LogP contribution in [0.15, 0.2) is 22.7 Å². The van der Waals surface area contributed by atoms with E-state index in [0.29, 0.717) is 5.56 Å². The fourth-order valence-corrected chi connectivity index (χ4v) is 1.80. The van der Waals surface area contributed by atoms with Gasteiger partial charge in [-0.05, 0) is 23.8 Å². The molecule has 0 heterocycles. The Morgan fingerprint density at radius 2 is 2.26 bits per heavy atom. The van der Waals surface area contributed by atoms with E-state index in [-0.39, 0.29) is 49.7 Å². The quantitative estimate of drug-likeness (QED) is 0.820. The Labute approximate surface area is 126 Å². The molecule has 0 saturated carbocycles. The third-order valence-electron chi connectivity index (χ3n) is 2.49. The van der Waals surface area contributed by atoms with Gasteiger partial charge in [0.15, 0.2) is 0 Å². The molecule has 1 unspecified atom stereocenters. The van der Waals surface area contributed by atoms with Crippen molar-refractivity contribution >= 4 is 34.2 Å². The first kappa shape index (κ1) is 18.3. The molecular formula is C12H17BrClFN2O2. The zero-order chi connectivity index (χ0) is 13.5. The maximum absolute atomic E-state index is 13.0. The molecule has 1 atom stereocenters. The van der Waals surface area contributed by atoms with Gasteiger partial charge in [0.2, 0.25) is 5.91 Å². The molecule has 19 heavy (non-hydrogen) atoms. The van der Waals surface area contributed by atoms with Crippen LogP contribution >= 0.6 is 28.3 Å². The summed E-state index contributed by atoms with van der Waals surface area (Å²) in [5.74, 6) is -0.511. The molecule has 0 saturated heterocycles. The minimum Gasteiger partial charge on any atom is -0.380 e. The summed E-state index contributed by atoms with van der Waals surface area (Å²) in [7, 11) is 1.51. The van der Waals surface area contributed by atoms with Crippen LogP contribution in [0.5, 0.6) is 0 Å². The maximum atomic E-state index is 13.0. The molecule has 0 bridgehead atoms. The lowest BCUT2D eigenvalue weighted by Crippen LogP contribution is -2.32. The van der Waals surface area contributed by atoms with E-state index in [1.807, 2.05) is 0 Å². The first-order valence-electron chi connectivity index (χ1n) is 5.50. The first-order chi connectivity index (χ1) is 8.56. The third-order valence-corrected chi connectivity index (χ3v) is 3.27. The van der Waals surface area contributed by atoms with E-state index >= 15 is 0 Å². The van der Waals surface area contributed by atoms with Gasteiger partial charge in [0, 0.05) is 24.7 Å². The fourth-order valence-electron chi connectivity index (χ4n) is 1.41. The molecule has 0 radical (unpaired) electrons. The van der Waals surface area contributed by atoms with E-state index in [9.17, 15) is 9.18 Å². The van der Waals surface area contributed by atoms with E-state index in [4.69, 9.17) is 10.5 Å². The van der Waals surface area contributed by atoms with Crippen molar-refractivity contribution < 1.29 is 13.9 Å². The highest BCUT2D eigenvalue weighted by Crippen LogP contribution is 2.17. The Bertz CT molecular complexity index is 417. The fraction of sp³-hybridized carbons (Fsp3) is 0.417. The Balaban J connectivity index is 0.00000324. The van der Waals surface area contributed by atoms with Gasteiger partial charge in [-0.2, -0.15) is 0 Å². The van der Waals surface area contributed by atoms with Gasteiger partial charge in [0.25, 0.3) is 0 Å². The summed E-state index contributed by atoms with van der Waals surface area (Å²) in [5, 5.41) is 2.69. The number of nitrogens with two attached hydrogens (primary N) is 1. The molecule has 3 N–H and O–H groups in total. The van der Waals surface area contributed by atoms with Gasteiger partial charge in [0.05, 0.1) is 12.5 Å². The number of carbonyl (C=O) groups is 1. The molecule has 0 aliphatic heterocycles. The van der Waals surface area contributed by atoms with Crippen LogP contribution < -0.4 is 11.1 Å². The number of ether oxygens (including phenoxy) is 1. The first-order valence-corrected chi connectivity index (χ1v) is 6.29. The molecule has 108 valence electrons. The van der Waals surface area contributed by atoms with Gasteiger partial charge in [-0.25, -0.2) is 4.39 Å². The van der Waals surface area contributed by atoms with E-state index in [2.05, 4.69) is 21.2 Å². The Morgan fingerprint density at radius 3 is 2.84 bits per heavy atom. The average molecular weight is 356 g/mol. The highest BCUT2D eigenvalue weighted by atomic mass is 79.9. The second-order valence-electron chi connectivity index (χ2n) is 3.81. The lowest BCUT2D eigenvalue weighted by atomic mass is 10.2. The number of nitrogens with one attached hydrogen (secondary N) is 1. The Morgan fingerprint density at radius 1 is 1.58 bits per heavy atom. The van der Waals surface area contributed by atoms with Crippen LogP contribution in [0.1, 0.15) is 12.0 Å². The summed E-state index contributed by atoms with van der Waals surface area (Å²) in [5.41, 5.74) is 6.11. The topological polar surface area (TPSA) is 64.3 Å². The smallest absolute Gasteiger partial charge is 0.222 e. The van der Waals surface area contributed by atoms with Gasteiger partial charge < -0.3 is 15.8 Å². The summed E-state index contributed by atoms with van der Waals surface area (Å²) >= 11 is 3.30. The highest BCUT2D eigenvalue weighted by Gasteiger charge is 2.11. The minimum absolute atomic E-state index is 0. The Kier molecular flexibility index (Phi) is 8.92. The molecule has 0 spiro atoms. The molecule has 0 aromatic heterocycles. The zero-order valence-electron chi connectivity index (χ0n) is 10.5. The number of halogens is 3. The lowest BCUT2D eigenvalue weighted by molar-refractivity contribution is -0.123. The SMILES string of the molecule is COC(CN)CC(=O)NCc1cc(F)ccc1Br.Cl. The lowest BCUT2D eigenvalue weighted by Gasteiger charge is -2.13. The van der Waals surface area contributed by atoms with Crippen molar-refractivity contribution in [1.82, 2.24) is 5.32 Å². The maximum Gasteiger partial charge on any atom is 0.222 e. The number of amides is 1. The largest absolute Gasteiger partial charge is 0.380 e. The van der Waals surface area contributed by atoms with E-state index < -0.39 is 0 Å². The summed E-state index contributed by atoms with van der Waals surface area (Å²) in [6, 6.07) is 4.33. The second kappa shape index (κ2) is 9.25. The van der Waals surface area contributed by atoms with Crippen molar-refractivity contribution in [3.63, 3.8) is 0 Å². The van der Waals surface area contributed by atoms with E-state index in [1.165, 1.54) is 19.2 Å². The molecule has 4 nitrogen and oxygen atoms in total. The number of methoxy groups -OCH3 is 1. The van der Waals surface area contributed by atoms with Crippen LogP contribution in [0, 0.1) is 5.82 Å². The number of hydrogen-bond donors (Lipinski definition) is 2. The molecule has 1 aromatic carbocycles. The van der Waals surface area contributed by atoms with Gasteiger partial charge >= 0.3 is 0 Å². The standard InChI is InChI=1S/C12H16BrFN2O2.ClH/c1-18-10(6-15)5-12(17)16-7-8-4-9(14)2-3-11(8)13;/h2-4,10H,5-7,15H2,1H3,(H,16,17);1H. The van der Waals surface area contributed by atoms with Gasteiger partial charge in [-0.3, -0.25) is 4.79 Å². The summed E-state index contributed by atoms with van der Waals surface area (Å²) in [6.45, 7) is 0.547. The number of rotatable bonds is 6. The molecular weight excluding hydrogens is 338 g/mol. The van der Waals surface area contributed by atoms with Crippen molar-refractivity contribution in [1.29, 1.82) is 0 Å². The Hall–Kier alpha value is -0.690. The van der Waals surface area contributed by atoms with Crippen molar-refractivity contribution in [2.24, 2.45) is 5.73 Å². The second-order valence-corrected chi connectivity index (χ2v) is 4.66. The normalized spacial score (nSPS) is 11.6. The molecule has 0 aliphatic carbocycles. The van der Waals surface area contributed by atoms with Gasteiger partial charge in [0.1, 0.15) is 5.82 Å². The van der Waals surface area contributed by atoms with Crippen LogP contribution in [-0.4, -0.2) is 25.7 Å². The zero-order valence-corrected chi connectivity index (χ0v) is 12.9. The molecule has 1 aromatic rings. The number of carbonyl (C=O) groups excluding carboxylic acids is 1. The van der Waals surface area contributed by atoms with Crippen molar-refractivity contribution in [2.75, 3.05) is 13.7 Å². The van der Waals surface area contributed by atoms with Crippen LogP contribution in [-0.2, 0) is 16.1 Å². The molecule has 1 rings (SSSR count). The van der Waals surface area contributed by atoms with Crippen LogP contribution in [0.2, 0.25) is 0 Å². The van der Waals surface area contributed by atoms with E-state index in [0.717, 1.165) is 4.47 Å². The van der Waals surface area contributed by atoms with Crippen molar-refractivity contribution in [3.8, 4) is 0 Å². The summed E-state index contributed by atoms with van der Waals surface area (Å²) < 4.78 is 18.8. The minimum atomic E-state index is -0.334. The van der Waals surface area contributed by atoms with E-state index in [1.54, 1.807) is 6.07 Å². The molecule has 0 aliphatic rings. The van der Waals surface area contributed by atoms with Gasteiger partial charge in [-0.1, -0.05) is 15.9 Å². The number of benzene rings is 1. The molecule has 7 heteroatoms. The predicted molar refractivity (Wildman–Crippen MR) is 77.7 cm³/mol.